The Morgan fingerprint density at radius 1 is 0.957 bits per heavy atom. The smallest absolute Gasteiger partial charge is 0.213 e. The maximum Gasteiger partial charge on any atom is 0.213 e. The van der Waals surface area contributed by atoms with Gasteiger partial charge in [0.2, 0.25) is 6.41 Å². The second-order valence-corrected chi connectivity index (χ2v) is 5.56. The maximum atomic E-state index is 11.1. The molecular weight excluding hydrogens is 284 g/mol. The second-order valence-electron chi connectivity index (χ2n) is 5.56. The average molecular weight is 308 g/mol. The molecule has 0 aliphatic heterocycles. The molecule has 0 aliphatic carbocycles. The first kappa shape index (κ1) is 16.8. The highest BCUT2D eigenvalue weighted by atomic mass is 16.1. The van der Waals surface area contributed by atoms with Crippen molar-refractivity contribution in [2.45, 2.75) is 13.8 Å². The molecule has 2 aromatic rings. The van der Waals surface area contributed by atoms with Crippen molar-refractivity contribution in [2.24, 2.45) is 0 Å². The SMILES string of the molecule is C/C=C(\C)N(C=O)CCN(C)c1ccc(-c2ccccc2)cc1. The average Bonchev–Trinajstić information content (AvgIpc) is 2.62. The standard InChI is InChI=1S/C20H24N2O/c1-4-17(2)22(16-23)15-14-21(3)20-12-10-19(11-13-20)18-8-6-5-7-9-18/h4-13,16H,14-15H2,1-3H3/b17-4+. The summed E-state index contributed by atoms with van der Waals surface area (Å²) in [5.74, 6) is 0. The maximum absolute atomic E-state index is 11.1. The molecule has 0 aromatic heterocycles. The van der Waals surface area contributed by atoms with Crippen molar-refractivity contribution < 1.29 is 4.79 Å². The molecule has 0 saturated carbocycles. The van der Waals surface area contributed by atoms with Crippen molar-refractivity contribution in [3.8, 4) is 11.1 Å². The van der Waals surface area contributed by atoms with Crippen LogP contribution in [-0.4, -0.2) is 31.4 Å². The number of benzene rings is 2. The van der Waals surface area contributed by atoms with Crippen LogP contribution in [0.15, 0.2) is 66.4 Å². The van der Waals surface area contributed by atoms with Gasteiger partial charge in [0.15, 0.2) is 0 Å². The highest BCUT2D eigenvalue weighted by molar-refractivity contribution is 5.66. The van der Waals surface area contributed by atoms with Gasteiger partial charge in [-0.1, -0.05) is 48.5 Å². The molecule has 2 rings (SSSR count). The number of rotatable bonds is 7. The lowest BCUT2D eigenvalue weighted by atomic mass is 10.1. The summed E-state index contributed by atoms with van der Waals surface area (Å²) in [6.07, 6.45) is 2.84. The highest BCUT2D eigenvalue weighted by Gasteiger charge is 2.06. The third-order valence-electron chi connectivity index (χ3n) is 4.09. The zero-order chi connectivity index (χ0) is 16.7. The van der Waals surface area contributed by atoms with Crippen molar-refractivity contribution in [1.29, 1.82) is 0 Å². The molecular formula is C20H24N2O. The van der Waals surface area contributed by atoms with Crippen LogP contribution in [0, 0.1) is 0 Å². The lowest BCUT2D eigenvalue weighted by Crippen LogP contribution is -2.31. The number of allylic oxidation sites excluding steroid dienone is 2. The van der Waals surface area contributed by atoms with Crippen LogP contribution in [-0.2, 0) is 4.79 Å². The second kappa shape index (κ2) is 8.18. The van der Waals surface area contributed by atoms with Crippen LogP contribution in [0.5, 0.6) is 0 Å². The van der Waals surface area contributed by atoms with Crippen LogP contribution in [0.4, 0.5) is 5.69 Å². The van der Waals surface area contributed by atoms with Crippen LogP contribution in [0.1, 0.15) is 13.8 Å². The fourth-order valence-electron chi connectivity index (χ4n) is 2.40. The third-order valence-corrected chi connectivity index (χ3v) is 4.09. The van der Waals surface area contributed by atoms with E-state index in [9.17, 15) is 4.79 Å². The van der Waals surface area contributed by atoms with Crippen LogP contribution in [0.2, 0.25) is 0 Å². The van der Waals surface area contributed by atoms with Crippen LogP contribution < -0.4 is 4.90 Å². The Bertz CT molecular complexity index is 647. The van der Waals surface area contributed by atoms with E-state index < -0.39 is 0 Å². The Hall–Kier alpha value is -2.55. The molecule has 0 saturated heterocycles. The highest BCUT2D eigenvalue weighted by Crippen LogP contribution is 2.22. The number of likely N-dealkylation sites (N-methyl/N-ethyl adjacent to an activating group) is 1. The molecule has 0 N–H and O–H groups in total. The molecule has 0 fully saturated rings. The summed E-state index contributed by atoms with van der Waals surface area (Å²) < 4.78 is 0. The Labute approximate surface area is 138 Å². The number of carbonyl (C=O) groups excluding carboxylic acids is 1. The van der Waals surface area contributed by atoms with Crippen LogP contribution in [0.3, 0.4) is 0 Å². The van der Waals surface area contributed by atoms with Gasteiger partial charge in [-0.15, -0.1) is 0 Å². The normalized spacial score (nSPS) is 11.2. The third kappa shape index (κ3) is 4.46. The van der Waals surface area contributed by atoms with Crippen molar-refractivity contribution in [1.82, 2.24) is 4.90 Å². The Balaban J connectivity index is 2.00. The first-order valence-corrected chi connectivity index (χ1v) is 7.87. The van der Waals surface area contributed by atoms with Gasteiger partial charge in [0, 0.05) is 31.5 Å². The number of nitrogens with zero attached hydrogens (tertiary/aromatic N) is 2. The summed E-state index contributed by atoms with van der Waals surface area (Å²) in [6, 6.07) is 18.9. The van der Waals surface area contributed by atoms with Gasteiger partial charge in [-0.05, 0) is 37.1 Å². The Kier molecular flexibility index (Phi) is 5.98. The topological polar surface area (TPSA) is 23.6 Å². The summed E-state index contributed by atoms with van der Waals surface area (Å²) in [6.45, 7) is 5.35. The van der Waals surface area contributed by atoms with E-state index in [1.54, 1.807) is 4.90 Å². The molecule has 0 spiro atoms. The lowest BCUT2D eigenvalue weighted by Gasteiger charge is -2.24. The van der Waals surface area contributed by atoms with Crippen molar-refractivity contribution >= 4 is 12.1 Å². The van der Waals surface area contributed by atoms with Crippen molar-refractivity contribution in [3.63, 3.8) is 0 Å². The number of anilines is 1. The minimum atomic E-state index is 0.677. The van der Waals surface area contributed by atoms with Gasteiger partial charge in [-0.2, -0.15) is 0 Å². The minimum absolute atomic E-state index is 0.677. The molecule has 1 amide bonds. The Morgan fingerprint density at radius 2 is 1.57 bits per heavy atom. The van der Waals surface area contributed by atoms with E-state index in [2.05, 4.69) is 41.3 Å². The quantitative estimate of drug-likeness (QED) is 0.717. The summed E-state index contributed by atoms with van der Waals surface area (Å²) in [5, 5.41) is 0. The molecule has 3 heteroatoms. The predicted octanol–water partition coefficient (Wildman–Crippen LogP) is 4.17. The van der Waals surface area contributed by atoms with E-state index in [-0.39, 0.29) is 0 Å². The number of carbonyl (C=O) groups is 1. The molecule has 120 valence electrons. The van der Waals surface area contributed by atoms with E-state index in [4.69, 9.17) is 0 Å². The van der Waals surface area contributed by atoms with Gasteiger partial charge < -0.3 is 9.80 Å². The first-order valence-electron chi connectivity index (χ1n) is 7.87. The van der Waals surface area contributed by atoms with E-state index in [0.717, 1.165) is 24.3 Å². The van der Waals surface area contributed by atoms with Crippen LogP contribution in [0.25, 0.3) is 11.1 Å². The monoisotopic (exact) mass is 308 g/mol. The molecule has 0 aliphatic rings. The van der Waals surface area contributed by atoms with E-state index in [0.29, 0.717) is 6.54 Å². The van der Waals surface area contributed by atoms with Gasteiger partial charge in [-0.3, -0.25) is 4.79 Å². The zero-order valence-electron chi connectivity index (χ0n) is 14.1. The van der Waals surface area contributed by atoms with Crippen molar-refractivity contribution in [3.05, 3.63) is 66.4 Å². The molecule has 3 nitrogen and oxygen atoms in total. The van der Waals surface area contributed by atoms with Gasteiger partial charge in [0.1, 0.15) is 0 Å². The van der Waals surface area contributed by atoms with Gasteiger partial charge >= 0.3 is 0 Å². The van der Waals surface area contributed by atoms with Crippen LogP contribution >= 0.6 is 0 Å². The van der Waals surface area contributed by atoms with Gasteiger partial charge in [0.25, 0.3) is 0 Å². The number of hydrogen-bond acceptors (Lipinski definition) is 2. The summed E-state index contributed by atoms with van der Waals surface area (Å²) in [5.41, 5.74) is 4.56. The largest absolute Gasteiger partial charge is 0.373 e. The Morgan fingerprint density at radius 3 is 2.13 bits per heavy atom. The molecule has 0 bridgehead atoms. The summed E-state index contributed by atoms with van der Waals surface area (Å²) in [7, 11) is 2.05. The predicted molar refractivity (Wildman–Crippen MR) is 97.3 cm³/mol. The number of hydrogen-bond donors (Lipinski definition) is 0. The van der Waals surface area contributed by atoms with E-state index in [1.165, 1.54) is 11.1 Å². The van der Waals surface area contributed by atoms with E-state index >= 15 is 0 Å². The summed E-state index contributed by atoms with van der Waals surface area (Å²) >= 11 is 0. The van der Waals surface area contributed by atoms with Gasteiger partial charge in [-0.25, -0.2) is 0 Å². The van der Waals surface area contributed by atoms with E-state index in [1.807, 2.05) is 45.2 Å². The molecule has 0 heterocycles. The molecule has 0 unspecified atom stereocenters. The zero-order valence-corrected chi connectivity index (χ0v) is 14.1. The van der Waals surface area contributed by atoms with Gasteiger partial charge in [0.05, 0.1) is 0 Å². The van der Waals surface area contributed by atoms with Crippen molar-refractivity contribution in [2.75, 3.05) is 25.0 Å². The lowest BCUT2D eigenvalue weighted by molar-refractivity contribution is -0.116. The minimum Gasteiger partial charge on any atom is -0.373 e. The fourth-order valence-corrected chi connectivity index (χ4v) is 2.40. The fraction of sp³-hybridized carbons (Fsp3) is 0.250. The molecule has 0 atom stereocenters. The first-order chi connectivity index (χ1) is 11.2. The molecule has 23 heavy (non-hydrogen) atoms. The molecule has 0 radical (unpaired) electrons. The summed E-state index contributed by atoms with van der Waals surface area (Å²) in [4.78, 5) is 15.0. The number of amides is 1. The molecule has 2 aromatic carbocycles.